The minimum absolute atomic E-state index is 0.0764. The third kappa shape index (κ3) is 3.90. The summed E-state index contributed by atoms with van der Waals surface area (Å²) >= 11 is 0. The van der Waals surface area contributed by atoms with Crippen LogP contribution in [0.2, 0.25) is 0 Å². The molecule has 5 rings (SSSR count). The number of amides is 1. The fraction of sp³-hybridized carbons (Fsp3) is 0.304. The van der Waals surface area contributed by atoms with Gasteiger partial charge in [-0.2, -0.15) is 0 Å². The molecule has 11 nitrogen and oxygen atoms in total. The predicted molar refractivity (Wildman–Crippen MR) is 122 cm³/mol. The molecular formula is C23H24N8O3. The molecule has 2 atom stereocenters. The third-order valence-corrected chi connectivity index (χ3v) is 5.87. The lowest BCUT2D eigenvalue weighted by Gasteiger charge is -2.16. The molecule has 1 fully saturated rings. The first-order valence-corrected chi connectivity index (χ1v) is 10.8. The first-order valence-electron chi connectivity index (χ1n) is 10.8. The molecule has 1 aliphatic rings. The van der Waals surface area contributed by atoms with Crippen molar-refractivity contribution in [2.45, 2.75) is 25.0 Å². The lowest BCUT2D eigenvalue weighted by Crippen LogP contribution is -2.35. The number of likely N-dealkylation sites (N-methyl/N-ethyl adjacent to an activating group) is 1. The first-order chi connectivity index (χ1) is 16.3. The summed E-state index contributed by atoms with van der Waals surface area (Å²) in [7, 11) is 3.56. The number of rotatable bonds is 6. The van der Waals surface area contributed by atoms with Gasteiger partial charge in [0.15, 0.2) is 5.76 Å². The van der Waals surface area contributed by atoms with Crippen LogP contribution in [0, 0.1) is 0 Å². The fourth-order valence-electron chi connectivity index (χ4n) is 3.89. The van der Waals surface area contributed by atoms with Crippen molar-refractivity contribution >= 4 is 11.9 Å². The van der Waals surface area contributed by atoms with E-state index in [-0.39, 0.29) is 18.2 Å². The number of aryl methyl sites for hydroxylation is 1. The van der Waals surface area contributed by atoms with Crippen LogP contribution in [0.5, 0.6) is 0 Å². The molecule has 0 bridgehead atoms. The molecule has 174 valence electrons. The van der Waals surface area contributed by atoms with Gasteiger partial charge < -0.3 is 24.4 Å². The Morgan fingerprint density at radius 3 is 2.59 bits per heavy atom. The van der Waals surface area contributed by atoms with E-state index in [9.17, 15) is 9.90 Å². The lowest BCUT2D eigenvalue weighted by molar-refractivity contribution is -0.144. The summed E-state index contributed by atoms with van der Waals surface area (Å²) in [5.41, 5.74) is 1.38. The highest BCUT2D eigenvalue weighted by molar-refractivity contribution is 5.87. The average molecular weight is 460 g/mol. The van der Waals surface area contributed by atoms with Gasteiger partial charge in [0.1, 0.15) is 5.69 Å². The molecular weight excluding hydrogens is 436 g/mol. The maximum Gasteiger partial charge on any atom is 0.262 e. The van der Waals surface area contributed by atoms with E-state index < -0.39 is 11.5 Å². The van der Waals surface area contributed by atoms with E-state index in [0.717, 1.165) is 5.69 Å². The van der Waals surface area contributed by atoms with Crippen LogP contribution in [-0.4, -0.2) is 59.2 Å². The second-order valence-electron chi connectivity index (χ2n) is 8.42. The molecule has 1 aliphatic heterocycles. The fourth-order valence-corrected chi connectivity index (χ4v) is 3.89. The summed E-state index contributed by atoms with van der Waals surface area (Å²) in [4.78, 5) is 31.7. The predicted octanol–water partition coefficient (Wildman–Crippen LogP) is 2.15. The maximum atomic E-state index is 12.4. The molecule has 34 heavy (non-hydrogen) atoms. The highest BCUT2D eigenvalue weighted by Gasteiger charge is 2.48. The van der Waals surface area contributed by atoms with E-state index in [0.29, 0.717) is 35.3 Å². The largest absolute Gasteiger partial charge is 0.373 e. The summed E-state index contributed by atoms with van der Waals surface area (Å²) in [5, 5.41) is 18.1. The van der Waals surface area contributed by atoms with Crippen LogP contribution in [-0.2, 0) is 17.4 Å². The Balaban J connectivity index is 1.38. The molecule has 0 saturated carbocycles. The number of nitrogens with one attached hydrogen (secondary N) is 1. The summed E-state index contributed by atoms with van der Waals surface area (Å²) < 4.78 is 7.23. The number of aliphatic hydroxyl groups is 1. The van der Waals surface area contributed by atoms with Gasteiger partial charge in [0, 0.05) is 45.5 Å². The Hall–Kier alpha value is -4.12. The molecule has 1 amide bonds. The van der Waals surface area contributed by atoms with Gasteiger partial charge in [0.2, 0.25) is 11.5 Å². The van der Waals surface area contributed by atoms with Crippen molar-refractivity contribution in [3.05, 3.63) is 60.5 Å². The molecule has 4 aromatic heterocycles. The molecule has 0 radical (unpaired) electrons. The summed E-state index contributed by atoms with van der Waals surface area (Å²) in [5.74, 6) is 0.164. The number of aromatic nitrogens is 6. The molecule has 4 aromatic rings. The Morgan fingerprint density at radius 1 is 1.12 bits per heavy atom. The van der Waals surface area contributed by atoms with Gasteiger partial charge in [-0.3, -0.25) is 4.79 Å². The number of hydrogen-bond acceptors (Lipinski definition) is 9. The van der Waals surface area contributed by atoms with Crippen LogP contribution in [0.15, 0.2) is 53.6 Å². The molecule has 0 spiro atoms. The summed E-state index contributed by atoms with van der Waals surface area (Å²) in [6.07, 6.45) is 5.59. The minimum atomic E-state index is -1.70. The molecule has 1 saturated heterocycles. The van der Waals surface area contributed by atoms with Crippen molar-refractivity contribution in [2.24, 2.45) is 7.05 Å². The van der Waals surface area contributed by atoms with Crippen molar-refractivity contribution in [2.75, 3.05) is 18.9 Å². The van der Waals surface area contributed by atoms with Crippen LogP contribution in [0.25, 0.3) is 22.8 Å². The maximum absolute atomic E-state index is 12.4. The van der Waals surface area contributed by atoms with Gasteiger partial charge >= 0.3 is 0 Å². The first kappa shape index (κ1) is 21.7. The number of imidazole rings is 1. The van der Waals surface area contributed by atoms with Gasteiger partial charge in [0.05, 0.1) is 35.1 Å². The van der Waals surface area contributed by atoms with E-state index in [2.05, 4.69) is 30.4 Å². The van der Waals surface area contributed by atoms with Crippen molar-refractivity contribution in [1.29, 1.82) is 0 Å². The smallest absolute Gasteiger partial charge is 0.262 e. The van der Waals surface area contributed by atoms with E-state index in [1.54, 1.807) is 37.8 Å². The van der Waals surface area contributed by atoms with Crippen LogP contribution >= 0.6 is 0 Å². The number of likely N-dealkylation sites (tertiary alicyclic amines) is 1. The molecule has 11 heteroatoms. The monoisotopic (exact) mass is 460 g/mol. The van der Waals surface area contributed by atoms with Crippen LogP contribution in [0.4, 0.5) is 5.95 Å². The van der Waals surface area contributed by atoms with E-state index in [1.165, 1.54) is 4.90 Å². The Labute approximate surface area is 195 Å². The second-order valence-corrected chi connectivity index (χ2v) is 8.42. The quantitative estimate of drug-likeness (QED) is 0.444. The standard InChI is InChI=1S/C23H24N8O3/c1-14(19-12-30(2)13-25-19)26-22-24-9-7-17(28-22)15-5-4-6-16(27-15)18-11-20(34-29-18)23(33)8-10-31(3)21(23)32/h4-7,9,11-14,33H,8,10H2,1-3H3,(H,24,26,28)/t14?,23-/m1/s1. The van der Waals surface area contributed by atoms with E-state index in [4.69, 9.17) is 4.52 Å². The number of carbonyl (C=O) groups is 1. The van der Waals surface area contributed by atoms with Gasteiger partial charge in [-0.05, 0) is 25.1 Å². The summed E-state index contributed by atoms with van der Waals surface area (Å²) in [6.45, 7) is 2.43. The Morgan fingerprint density at radius 2 is 1.88 bits per heavy atom. The average Bonchev–Trinajstić information content (AvgIpc) is 3.57. The minimum Gasteiger partial charge on any atom is -0.373 e. The molecule has 0 aliphatic carbocycles. The van der Waals surface area contributed by atoms with Crippen LogP contribution < -0.4 is 5.32 Å². The van der Waals surface area contributed by atoms with Crippen molar-refractivity contribution in [3.63, 3.8) is 0 Å². The van der Waals surface area contributed by atoms with Gasteiger partial charge in [-0.1, -0.05) is 11.2 Å². The van der Waals surface area contributed by atoms with Crippen molar-refractivity contribution in [1.82, 2.24) is 34.6 Å². The number of anilines is 1. The van der Waals surface area contributed by atoms with Gasteiger partial charge in [0.25, 0.3) is 5.91 Å². The number of nitrogens with zero attached hydrogens (tertiary/aromatic N) is 7. The lowest BCUT2D eigenvalue weighted by atomic mass is 9.98. The molecule has 0 aromatic carbocycles. The van der Waals surface area contributed by atoms with E-state index in [1.807, 2.05) is 36.9 Å². The van der Waals surface area contributed by atoms with E-state index >= 15 is 0 Å². The van der Waals surface area contributed by atoms with Crippen molar-refractivity contribution in [3.8, 4) is 22.8 Å². The molecule has 1 unspecified atom stereocenters. The zero-order chi connectivity index (χ0) is 23.9. The normalized spacial score (nSPS) is 18.9. The molecule has 2 N–H and O–H groups in total. The van der Waals surface area contributed by atoms with Gasteiger partial charge in [-0.15, -0.1) is 0 Å². The Kier molecular flexibility index (Phi) is 5.33. The molecule has 5 heterocycles. The zero-order valence-electron chi connectivity index (χ0n) is 19.0. The topological polar surface area (TPSA) is 135 Å². The summed E-state index contributed by atoms with van der Waals surface area (Å²) in [6, 6.07) is 8.70. The Bertz CT molecular complexity index is 1350. The SMILES string of the molecule is CC(Nc1nccc(-c2cccc(-c3cc([C@]4(O)CCN(C)C4=O)on3)n2)n1)c1cn(C)cn1. The number of hydrogen-bond donors (Lipinski definition) is 2. The number of carbonyl (C=O) groups excluding carboxylic acids is 1. The highest BCUT2D eigenvalue weighted by Crippen LogP contribution is 2.34. The van der Waals surface area contributed by atoms with Crippen LogP contribution in [0.3, 0.4) is 0 Å². The number of pyridine rings is 1. The van der Waals surface area contributed by atoms with Crippen LogP contribution in [0.1, 0.15) is 30.8 Å². The van der Waals surface area contributed by atoms with Crippen molar-refractivity contribution < 1.29 is 14.4 Å². The highest BCUT2D eigenvalue weighted by atomic mass is 16.5. The third-order valence-electron chi connectivity index (χ3n) is 5.87. The zero-order valence-corrected chi connectivity index (χ0v) is 19.0. The van der Waals surface area contributed by atoms with Gasteiger partial charge in [-0.25, -0.2) is 19.9 Å². The second kappa shape index (κ2) is 8.34.